The summed E-state index contributed by atoms with van der Waals surface area (Å²) in [7, 11) is 0. The van der Waals surface area contributed by atoms with Gasteiger partial charge in [-0.15, -0.1) is 0 Å². The molecule has 0 saturated carbocycles. The first kappa shape index (κ1) is 15.6. The third-order valence-electron chi connectivity index (χ3n) is 3.22. The zero-order chi connectivity index (χ0) is 14.7. The maximum Gasteiger partial charge on any atom is 0.137 e. The van der Waals surface area contributed by atoms with Crippen LogP contribution in [-0.2, 0) is 6.42 Å². The van der Waals surface area contributed by atoms with Crippen molar-refractivity contribution in [2.75, 3.05) is 0 Å². The van der Waals surface area contributed by atoms with Crippen molar-refractivity contribution in [3.05, 3.63) is 67.9 Å². The van der Waals surface area contributed by atoms with E-state index in [4.69, 9.17) is 5.84 Å². The molecule has 0 spiro atoms. The van der Waals surface area contributed by atoms with Crippen molar-refractivity contribution >= 4 is 31.9 Å². The topological polar surface area (TPSA) is 38.0 Å². The minimum Gasteiger partial charge on any atom is -0.271 e. The van der Waals surface area contributed by atoms with E-state index >= 15 is 0 Å². The molecule has 2 rings (SSSR count). The molecule has 1 atom stereocenters. The molecule has 0 aliphatic carbocycles. The Morgan fingerprint density at radius 1 is 1.25 bits per heavy atom. The minimum absolute atomic E-state index is 0.0402. The lowest BCUT2D eigenvalue weighted by Crippen LogP contribution is -2.30. The van der Waals surface area contributed by atoms with Crippen molar-refractivity contribution < 1.29 is 4.39 Å². The fourth-order valence-corrected chi connectivity index (χ4v) is 3.07. The van der Waals surface area contributed by atoms with Crippen LogP contribution in [0.4, 0.5) is 4.39 Å². The molecule has 0 aliphatic heterocycles. The van der Waals surface area contributed by atoms with Crippen molar-refractivity contribution in [3.8, 4) is 0 Å². The SMILES string of the molecule is Cc1cccc(C(Cc2ccc(F)c(Br)c2)NN)c1Br. The molecule has 0 heterocycles. The molecule has 5 heteroatoms. The summed E-state index contributed by atoms with van der Waals surface area (Å²) in [4.78, 5) is 0. The predicted molar refractivity (Wildman–Crippen MR) is 86.7 cm³/mol. The van der Waals surface area contributed by atoms with Gasteiger partial charge in [0.1, 0.15) is 5.82 Å². The summed E-state index contributed by atoms with van der Waals surface area (Å²) < 4.78 is 14.8. The van der Waals surface area contributed by atoms with Crippen LogP contribution < -0.4 is 11.3 Å². The molecule has 0 fully saturated rings. The molecule has 2 aromatic carbocycles. The first-order chi connectivity index (χ1) is 9.52. The number of hydrogen-bond acceptors (Lipinski definition) is 2. The Kier molecular flexibility index (Phi) is 5.32. The molecule has 2 nitrogen and oxygen atoms in total. The average Bonchev–Trinajstić information content (AvgIpc) is 2.43. The Morgan fingerprint density at radius 3 is 2.65 bits per heavy atom. The van der Waals surface area contributed by atoms with Crippen molar-refractivity contribution in [1.82, 2.24) is 5.43 Å². The van der Waals surface area contributed by atoms with Crippen molar-refractivity contribution in [1.29, 1.82) is 0 Å². The Bertz CT molecular complexity index is 617. The highest BCUT2D eigenvalue weighted by molar-refractivity contribution is 9.10. The first-order valence-corrected chi connectivity index (χ1v) is 7.76. The van der Waals surface area contributed by atoms with Gasteiger partial charge in [-0.05, 0) is 58.1 Å². The van der Waals surface area contributed by atoms with Crippen LogP contribution in [0.5, 0.6) is 0 Å². The summed E-state index contributed by atoms with van der Waals surface area (Å²) in [6.07, 6.45) is 0.678. The Hall–Kier alpha value is -0.750. The zero-order valence-corrected chi connectivity index (χ0v) is 14.1. The predicted octanol–water partition coefficient (Wildman–Crippen LogP) is 4.41. The fourth-order valence-electron chi connectivity index (χ4n) is 2.10. The highest BCUT2D eigenvalue weighted by Gasteiger charge is 2.15. The molecule has 0 radical (unpaired) electrons. The fraction of sp³-hybridized carbons (Fsp3) is 0.200. The lowest BCUT2D eigenvalue weighted by Gasteiger charge is -2.19. The molecule has 1 unspecified atom stereocenters. The summed E-state index contributed by atoms with van der Waals surface area (Å²) in [6, 6.07) is 11.0. The van der Waals surface area contributed by atoms with Crippen molar-refractivity contribution in [3.63, 3.8) is 0 Å². The van der Waals surface area contributed by atoms with Gasteiger partial charge in [-0.2, -0.15) is 0 Å². The third kappa shape index (κ3) is 3.47. The van der Waals surface area contributed by atoms with Gasteiger partial charge in [0, 0.05) is 4.47 Å². The summed E-state index contributed by atoms with van der Waals surface area (Å²) >= 11 is 6.80. The van der Waals surface area contributed by atoms with Crippen LogP contribution in [0.1, 0.15) is 22.7 Å². The summed E-state index contributed by atoms with van der Waals surface area (Å²) in [5, 5.41) is 0. The van der Waals surface area contributed by atoms with E-state index in [0.717, 1.165) is 21.2 Å². The van der Waals surface area contributed by atoms with Gasteiger partial charge in [0.2, 0.25) is 0 Å². The first-order valence-electron chi connectivity index (χ1n) is 6.18. The van der Waals surface area contributed by atoms with Gasteiger partial charge in [-0.25, -0.2) is 4.39 Å². The number of rotatable bonds is 4. The van der Waals surface area contributed by atoms with E-state index in [1.165, 1.54) is 6.07 Å². The van der Waals surface area contributed by atoms with E-state index in [0.29, 0.717) is 10.9 Å². The van der Waals surface area contributed by atoms with Crippen LogP contribution in [0.15, 0.2) is 45.3 Å². The maximum absolute atomic E-state index is 13.3. The second kappa shape index (κ2) is 6.80. The van der Waals surface area contributed by atoms with Gasteiger partial charge in [-0.1, -0.05) is 40.2 Å². The molecule has 106 valence electrons. The molecule has 0 aliphatic rings. The molecule has 2 aromatic rings. The number of aryl methyl sites for hydroxylation is 1. The van der Waals surface area contributed by atoms with E-state index in [-0.39, 0.29) is 11.9 Å². The van der Waals surface area contributed by atoms with Crippen LogP contribution in [0.3, 0.4) is 0 Å². The van der Waals surface area contributed by atoms with Gasteiger partial charge in [0.05, 0.1) is 10.5 Å². The number of hydrogen-bond donors (Lipinski definition) is 2. The quantitative estimate of drug-likeness (QED) is 0.588. The monoisotopic (exact) mass is 400 g/mol. The molecule has 0 amide bonds. The Morgan fingerprint density at radius 2 is 2.00 bits per heavy atom. The maximum atomic E-state index is 13.3. The van der Waals surface area contributed by atoms with Gasteiger partial charge in [0.15, 0.2) is 0 Å². The van der Waals surface area contributed by atoms with Gasteiger partial charge >= 0.3 is 0 Å². The Balaban J connectivity index is 2.28. The number of benzene rings is 2. The van der Waals surface area contributed by atoms with E-state index in [1.54, 1.807) is 12.1 Å². The standard InChI is InChI=1S/C15H15Br2FN2/c1-9-3-2-4-11(15(9)17)14(20-19)8-10-5-6-13(18)12(16)7-10/h2-7,14,20H,8,19H2,1H3. The van der Waals surface area contributed by atoms with Gasteiger partial charge in [0.25, 0.3) is 0 Å². The zero-order valence-electron chi connectivity index (χ0n) is 11.0. The normalized spacial score (nSPS) is 12.4. The van der Waals surface area contributed by atoms with Crippen LogP contribution in [-0.4, -0.2) is 0 Å². The Labute approximate surface area is 134 Å². The highest BCUT2D eigenvalue weighted by atomic mass is 79.9. The summed E-state index contributed by atoms with van der Waals surface area (Å²) in [5.41, 5.74) is 6.09. The molecule has 3 N–H and O–H groups in total. The van der Waals surface area contributed by atoms with E-state index < -0.39 is 0 Å². The lowest BCUT2D eigenvalue weighted by atomic mass is 9.98. The molecule has 20 heavy (non-hydrogen) atoms. The van der Waals surface area contributed by atoms with E-state index in [1.807, 2.05) is 25.1 Å². The van der Waals surface area contributed by atoms with Gasteiger partial charge < -0.3 is 0 Å². The number of hydrazine groups is 1. The lowest BCUT2D eigenvalue weighted by molar-refractivity contribution is 0.548. The molecule has 0 saturated heterocycles. The van der Waals surface area contributed by atoms with E-state index in [9.17, 15) is 4.39 Å². The number of nitrogens with one attached hydrogen (secondary N) is 1. The molecule has 0 bridgehead atoms. The summed E-state index contributed by atoms with van der Waals surface area (Å²) in [5.74, 6) is 5.42. The molecular weight excluding hydrogens is 387 g/mol. The van der Waals surface area contributed by atoms with Crippen molar-refractivity contribution in [2.45, 2.75) is 19.4 Å². The molecular formula is C15H15Br2FN2. The minimum atomic E-state index is -0.261. The number of nitrogens with two attached hydrogens (primary N) is 1. The van der Waals surface area contributed by atoms with Crippen LogP contribution >= 0.6 is 31.9 Å². The molecule has 0 aromatic heterocycles. The van der Waals surface area contributed by atoms with Crippen LogP contribution in [0.25, 0.3) is 0 Å². The average molecular weight is 402 g/mol. The second-order valence-corrected chi connectivity index (χ2v) is 6.30. The van der Waals surface area contributed by atoms with Gasteiger partial charge in [-0.3, -0.25) is 11.3 Å². The highest BCUT2D eigenvalue weighted by Crippen LogP contribution is 2.29. The summed E-state index contributed by atoms with van der Waals surface area (Å²) in [6.45, 7) is 2.04. The third-order valence-corrected chi connectivity index (χ3v) is 4.91. The largest absolute Gasteiger partial charge is 0.271 e. The van der Waals surface area contributed by atoms with Crippen molar-refractivity contribution in [2.24, 2.45) is 5.84 Å². The number of halogens is 3. The smallest absolute Gasteiger partial charge is 0.137 e. The van der Waals surface area contributed by atoms with Crippen LogP contribution in [0, 0.1) is 12.7 Å². The van der Waals surface area contributed by atoms with E-state index in [2.05, 4.69) is 37.3 Å². The van der Waals surface area contributed by atoms with Crippen LogP contribution in [0.2, 0.25) is 0 Å². The second-order valence-electron chi connectivity index (χ2n) is 4.65.